The number of rotatable bonds is 0. The van der Waals surface area contributed by atoms with Crippen molar-refractivity contribution in [2.24, 2.45) is 0 Å². The molecule has 1 atom stereocenters. The van der Waals surface area contributed by atoms with Crippen LogP contribution in [0.1, 0.15) is 24.0 Å². The van der Waals surface area contributed by atoms with Crippen LogP contribution in [0.5, 0.6) is 0 Å². The van der Waals surface area contributed by atoms with E-state index in [-0.39, 0.29) is 19.0 Å². The van der Waals surface area contributed by atoms with Crippen molar-refractivity contribution in [2.75, 3.05) is 13.1 Å². The molecule has 0 aliphatic carbocycles. The highest BCUT2D eigenvalue weighted by molar-refractivity contribution is 9.10. The van der Waals surface area contributed by atoms with E-state index in [0.29, 0.717) is 15.9 Å². The fourth-order valence-corrected chi connectivity index (χ4v) is 3.43. The molecule has 1 aromatic carbocycles. The van der Waals surface area contributed by atoms with Crippen LogP contribution in [-0.2, 0) is 11.2 Å². The Balaban J connectivity index is 2.33. The molecule has 1 amide bonds. The molecule has 2 nitrogen and oxygen atoms in total. The van der Waals surface area contributed by atoms with Gasteiger partial charge in [-0.05, 0) is 39.5 Å². The van der Waals surface area contributed by atoms with Crippen LogP contribution < -0.4 is 0 Å². The van der Waals surface area contributed by atoms with Crippen molar-refractivity contribution >= 4 is 33.4 Å². The lowest BCUT2D eigenvalue weighted by Crippen LogP contribution is -2.42. The zero-order valence-corrected chi connectivity index (χ0v) is 12.9. The summed E-state index contributed by atoms with van der Waals surface area (Å²) in [5.74, 6) is -1.99. The van der Waals surface area contributed by atoms with E-state index in [2.05, 4.69) is 15.9 Å². The smallest absolute Gasteiger partial charge is 0.334 e. The Kier molecular flexibility index (Phi) is 4.35. The number of hydrogen-bond acceptors (Lipinski definition) is 1. The first-order chi connectivity index (χ1) is 9.21. The highest BCUT2D eigenvalue weighted by Gasteiger charge is 2.43. The SMILES string of the molecule is C[C@@H]1CN(C(=O)C(F)(F)F)CCc2ccc(Cl)c(Br)c21. The van der Waals surface area contributed by atoms with Gasteiger partial charge in [0.05, 0.1) is 5.02 Å². The second-order valence-electron chi connectivity index (χ2n) is 4.83. The first-order valence-corrected chi connectivity index (χ1v) is 7.21. The Morgan fingerprint density at radius 3 is 2.70 bits per heavy atom. The molecule has 1 heterocycles. The predicted octanol–water partition coefficient (Wildman–Crippen LogP) is 4.15. The molecular weight excluding hydrogens is 358 g/mol. The van der Waals surface area contributed by atoms with Crippen LogP contribution in [0.4, 0.5) is 13.2 Å². The summed E-state index contributed by atoms with van der Waals surface area (Å²) < 4.78 is 38.3. The second-order valence-corrected chi connectivity index (χ2v) is 6.03. The summed E-state index contributed by atoms with van der Waals surface area (Å²) in [7, 11) is 0. The number of halogens is 5. The Morgan fingerprint density at radius 1 is 1.45 bits per heavy atom. The van der Waals surface area contributed by atoms with Gasteiger partial charge in [-0.3, -0.25) is 4.79 Å². The third kappa shape index (κ3) is 2.96. The first kappa shape index (κ1) is 15.6. The van der Waals surface area contributed by atoms with E-state index in [1.165, 1.54) is 0 Å². The van der Waals surface area contributed by atoms with E-state index in [1.807, 2.05) is 0 Å². The molecule has 2 rings (SSSR count). The van der Waals surface area contributed by atoms with Gasteiger partial charge in [-0.15, -0.1) is 0 Å². The van der Waals surface area contributed by atoms with E-state index in [0.717, 1.165) is 16.0 Å². The summed E-state index contributed by atoms with van der Waals surface area (Å²) in [6.07, 6.45) is -4.44. The highest BCUT2D eigenvalue weighted by Crippen LogP contribution is 2.37. The van der Waals surface area contributed by atoms with Gasteiger partial charge >= 0.3 is 12.1 Å². The lowest BCUT2D eigenvalue weighted by molar-refractivity contribution is -0.185. The van der Waals surface area contributed by atoms with Crippen molar-refractivity contribution < 1.29 is 18.0 Å². The van der Waals surface area contributed by atoms with Crippen molar-refractivity contribution in [1.29, 1.82) is 0 Å². The largest absolute Gasteiger partial charge is 0.471 e. The van der Waals surface area contributed by atoms with Crippen LogP contribution in [0.25, 0.3) is 0 Å². The highest BCUT2D eigenvalue weighted by atomic mass is 79.9. The summed E-state index contributed by atoms with van der Waals surface area (Å²) in [4.78, 5) is 12.3. The number of amides is 1. The lowest BCUT2D eigenvalue weighted by atomic mass is 9.95. The van der Waals surface area contributed by atoms with Crippen molar-refractivity contribution in [2.45, 2.75) is 25.4 Å². The molecule has 7 heteroatoms. The van der Waals surface area contributed by atoms with Gasteiger partial charge in [0.15, 0.2) is 0 Å². The van der Waals surface area contributed by atoms with Gasteiger partial charge in [0.1, 0.15) is 0 Å². The van der Waals surface area contributed by atoms with Crippen LogP contribution in [0.3, 0.4) is 0 Å². The molecule has 0 N–H and O–H groups in total. The van der Waals surface area contributed by atoms with E-state index in [1.54, 1.807) is 19.1 Å². The molecule has 0 bridgehead atoms. The number of hydrogen-bond donors (Lipinski definition) is 0. The zero-order valence-electron chi connectivity index (χ0n) is 10.6. The molecule has 0 radical (unpaired) electrons. The number of carbonyl (C=O) groups excluding carboxylic acids is 1. The Bertz CT molecular complexity index is 547. The standard InChI is InChI=1S/C13H12BrClF3NO/c1-7-6-19(12(20)13(16,17)18)5-4-8-2-3-9(15)11(14)10(7)8/h2-3,7H,4-6H2,1H3/t7-/m1/s1. The molecule has 110 valence electrons. The third-order valence-electron chi connectivity index (χ3n) is 3.39. The Morgan fingerprint density at radius 2 is 2.10 bits per heavy atom. The zero-order chi connectivity index (χ0) is 15.1. The molecule has 0 saturated carbocycles. The monoisotopic (exact) mass is 369 g/mol. The maximum Gasteiger partial charge on any atom is 0.471 e. The maximum atomic E-state index is 12.5. The van der Waals surface area contributed by atoms with Crippen LogP contribution in [0.15, 0.2) is 16.6 Å². The fourth-order valence-electron chi connectivity index (χ4n) is 2.49. The molecule has 0 spiro atoms. The Labute approximate surface area is 128 Å². The van der Waals surface area contributed by atoms with Crippen molar-refractivity contribution in [3.05, 3.63) is 32.8 Å². The molecule has 1 aromatic rings. The number of fused-ring (bicyclic) bond motifs is 1. The number of nitrogens with zero attached hydrogens (tertiary/aromatic N) is 1. The molecule has 0 saturated heterocycles. The molecule has 0 unspecified atom stereocenters. The quantitative estimate of drug-likeness (QED) is 0.672. The van der Waals surface area contributed by atoms with Gasteiger partial charge < -0.3 is 4.90 Å². The molecule has 0 aromatic heterocycles. The van der Waals surface area contributed by atoms with Gasteiger partial charge in [0.2, 0.25) is 0 Å². The number of benzene rings is 1. The average molecular weight is 371 g/mol. The first-order valence-electron chi connectivity index (χ1n) is 6.04. The van der Waals surface area contributed by atoms with Gasteiger partial charge in [0, 0.05) is 23.5 Å². The van der Waals surface area contributed by atoms with Crippen LogP contribution in [0.2, 0.25) is 5.02 Å². The van der Waals surface area contributed by atoms with Gasteiger partial charge in [-0.25, -0.2) is 0 Å². The van der Waals surface area contributed by atoms with Crippen molar-refractivity contribution in [3.8, 4) is 0 Å². The van der Waals surface area contributed by atoms with Gasteiger partial charge in [0.25, 0.3) is 0 Å². The van der Waals surface area contributed by atoms with Crippen molar-refractivity contribution in [3.63, 3.8) is 0 Å². The summed E-state index contributed by atoms with van der Waals surface area (Å²) in [5.41, 5.74) is 1.81. The molecule has 20 heavy (non-hydrogen) atoms. The van der Waals surface area contributed by atoms with E-state index < -0.39 is 12.1 Å². The predicted molar refractivity (Wildman–Crippen MR) is 73.9 cm³/mol. The van der Waals surface area contributed by atoms with E-state index in [9.17, 15) is 18.0 Å². The minimum absolute atomic E-state index is 0.0320. The lowest BCUT2D eigenvalue weighted by Gasteiger charge is -2.24. The van der Waals surface area contributed by atoms with Crippen LogP contribution in [-0.4, -0.2) is 30.1 Å². The van der Waals surface area contributed by atoms with Crippen molar-refractivity contribution in [1.82, 2.24) is 4.90 Å². The molecule has 0 fully saturated rings. The van der Waals surface area contributed by atoms with Crippen LogP contribution >= 0.6 is 27.5 Å². The normalized spacial score (nSPS) is 19.5. The molecule has 1 aliphatic heterocycles. The van der Waals surface area contributed by atoms with Gasteiger partial charge in [-0.2, -0.15) is 13.2 Å². The average Bonchev–Trinajstić information content (AvgIpc) is 2.51. The van der Waals surface area contributed by atoms with E-state index >= 15 is 0 Å². The minimum Gasteiger partial charge on any atom is -0.334 e. The van der Waals surface area contributed by atoms with E-state index in [4.69, 9.17) is 11.6 Å². The van der Waals surface area contributed by atoms with Gasteiger partial charge in [-0.1, -0.05) is 24.6 Å². The minimum atomic E-state index is -4.83. The Hall–Kier alpha value is -0.750. The summed E-state index contributed by atoms with van der Waals surface area (Å²) >= 11 is 9.41. The number of carbonyl (C=O) groups is 1. The summed E-state index contributed by atoms with van der Waals surface area (Å²) in [6.45, 7) is 1.88. The maximum absolute atomic E-state index is 12.5. The fraction of sp³-hybridized carbons (Fsp3) is 0.462. The topological polar surface area (TPSA) is 20.3 Å². The third-order valence-corrected chi connectivity index (χ3v) is 4.79. The molecule has 1 aliphatic rings. The summed E-state index contributed by atoms with van der Waals surface area (Å²) in [6, 6.07) is 3.51. The summed E-state index contributed by atoms with van der Waals surface area (Å²) in [5, 5.41) is 0.520. The second kappa shape index (κ2) is 5.56. The van der Waals surface area contributed by atoms with Crippen LogP contribution in [0, 0.1) is 0 Å². The number of alkyl halides is 3. The molecular formula is C13H12BrClF3NO.